The lowest BCUT2D eigenvalue weighted by Gasteiger charge is -2.25. The molecule has 0 fully saturated rings. The maximum atomic E-state index is 6.10. The summed E-state index contributed by atoms with van der Waals surface area (Å²) in [6.45, 7) is 3.67. The lowest BCUT2D eigenvalue weighted by molar-refractivity contribution is 0.634. The second-order valence-corrected chi connectivity index (χ2v) is 4.35. The van der Waals surface area contributed by atoms with Crippen LogP contribution >= 0.6 is 0 Å². The van der Waals surface area contributed by atoms with Gasteiger partial charge in [-0.1, -0.05) is 0 Å². The number of aryl methyl sites for hydroxylation is 1. The van der Waals surface area contributed by atoms with Crippen LogP contribution in [0.2, 0.25) is 0 Å². The number of nitrogens with one attached hydrogen (secondary N) is 2. The summed E-state index contributed by atoms with van der Waals surface area (Å²) in [5, 5.41) is 6.49. The van der Waals surface area contributed by atoms with E-state index in [4.69, 9.17) is 11.5 Å². The lowest BCUT2D eigenvalue weighted by atomic mass is 10.1. The van der Waals surface area contributed by atoms with E-state index < -0.39 is 0 Å². The molecule has 0 saturated heterocycles. The molecule has 1 aliphatic heterocycles. The topological polar surface area (TPSA) is 89.0 Å². The number of hydrogen-bond donors (Lipinski definition) is 4. The van der Waals surface area contributed by atoms with Gasteiger partial charge in [0.1, 0.15) is 0 Å². The third-order valence-corrected chi connectivity index (χ3v) is 2.87. The predicted octanol–water partition coefficient (Wildman–Crippen LogP) is 0.293. The van der Waals surface area contributed by atoms with Gasteiger partial charge >= 0.3 is 0 Å². The summed E-state index contributed by atoms with van der Waals surface area (Å²) >= 11 is 0. The van der Waals surface area contributed by atoms with Crippen molar-refractivity contribution in [2.75, 3.05) is 18.4 Å². The maximum Gasteiger partial charge on any atom is 0.0998 e. The molecule has 0 aliphatic carbocycles. The molecular formula is C12H19N5. The number of pyridine rings is 1. The fourth-order valence-corrected chi connectivity index (χ4v) is 1.93. The number of nitrogens with two attached hydrogens (primary N) is 2. The molecule has 2 heterocycles. The van der Waals surface area contributed by atoms with Crippen LogP contribution in [-0.4, -0.2) is 24.2 Å². The number of hydrogen-bond acceptors (Lipinski definition) is 5. The molecule has 1 aromatic rings. The Morgan fingerprint density at radius 3 is 3.00 bits per heavy atom. The van der Waals surface area contributed by atoms with Crippen LogP contribution in [0, 0.1) is 6.92 Å². The molecular weight excluding hydrogens is 214 g/mol. The molecule has 0 saturated carbocycles. The Morgan fingerprint density at radius 1 is 1.47 bits per heavy atom. The molecule has 0 amide bonds. The second-order valence-electron chi connectivity index (χ2n) is 4.35. The first-order valence-corrected chi connectivity index (χ1v) is 5.78. The first-order valence-electron chi connectivity index (χ1n) is 5.78. The highest BCUT2D eigenvalue weighted by molar-refractivity contribution is 5.45. The molecule has 5 heteroatoms. The third kappa shape index (κ3) is 2.95. The van der Waals surface area contributed by atoms with Crippen LogP contribution in [0.25, 0.3) is 0 Å². The Kier molecular flexibility index (Phi) is 3.61. The maximum absolute atomic E-state index is 6.10. The van der Waals surface area contributed by atoms with Crippen molar-refractivity contribution in [2.24, 2.45) is 11.5 Å². The molecule has 2 rings (SSSR count). The highest BCUT2D eigenvalue weighted by Gasteiger charge is 2.16. The Hall–Kier alpha value is -1.59. The molecule has 1 aliphatic rings. The summed E-state index contributed by atoms with van der Waals surface area (Å²) in [6.07, 6.45) is 4.18. The van der Waals surface area contributed by atoms with Crippen molar-refractivity contribution in [1.29, 1.82) is 0 Å². The largest absolute Gasteiger partial charge is 0.402 e. The monoisotopic (exact) mass is 233 g/mol. The Balaban J connectivity index is 2.08. The molecule has 6 N–H and O–H groups in total. The van der Waals surface area contributed by atoms with Crippen LogP contribution < -0.4 is 22.1 Å². The Morgan fingerprint density at radius 2 is 2.29 bits per heavy atom. The summed E-state index contributed by atoms with van der Waals surface area (Å²) < 4.78 is 0. The van der Waals surface area contributed by atoms with Gasteiger partial charge in [-0.05, 0) is 30.5 Å². The molecule has 1 unspecified atom stereocenters. The molecule has 1 aromatic heterocycles. The summed E-state index contributed by atoms with van der Waals surface area (Å²) in [5.74, 6) is 0. The van der Waals surface area contributed by atoms with Crippen LogP contribution in [0.15, 0.2) is 29.7 Å². The van der Waals surface area contributed by atoms with Crippen molar-refractivity contribution in [2.45, 2.75) is 19.5 Å². The summed E-state index contributed by atoms with van der Waals surface area (Å²) in [6, 6.07) is 2.01. The van der Waals surface area contributed by atoms with Gasteiger partial charge in [0.15, 0.2) is 0 Å². The van der Waals surface area contributed by atoms with Gasteiger partial charge in [-0.3, -0.25) is 4.98 Å². The van der Waals surface area contributed by atoms with E-state index >= 15 is 0 Å². The predicted molar refractivity (Wildman–Crippen MR) is 69.3 cm³/mol. The number of anilines is 1. The average molecular weight is 233 g/mol. The van der Waals surface area contributed by atoms with Gasteiger partial charge in [0.25, 0.3) is 0 Å². The Labute approximate surface area is 101 Å². The van der Waals surface area contributed by atoms with E-state index in [0.717, 1.165) is 42.0 Å². The average Bonchev–Trinajstić information content (AvgIpc) is 2.29. The molecule has 0 aromatic carbocycles. The number of nitrogens with zero attached hydrogens (tertiary/aromatic N) is 1. The van der Waals surface area contributed by atoms with E-state index in [1.165, 1.54) is 0 Å². The van der Waals surface area contributed by atoms with E-state index in [1.807, 2.05) is 19.2 Å². The van der Waals surface area contributed by atoms with Crippen molar-refractivity contribution in [1.82, 2.24) is 10.3 Å². The van der Waals surface area contributed by atoms with E-state index in [-0.39, 0.29) is 6.17 Å². The third-order valence-electron chi connectivity index (χ3n) is 2.87. The molecule has 0 radical (unpaired) electrons. The zero-order valence-corrected chi connectivity index (χ0v) is 10.0. The summed E-state index contributed by atoms with van der Waals surface area (Å²) in [4.78, 5) is 4.12. The fraction of sp³-hybridized carbons (Fsp3) is 0.417. The summed E-state index contributed by atoms with van der Waals surface area (Å²) in [5.41, 5.74) is 16.0. The molecule has 0 spiro atoms. The normalized spacial score (nSPS) is 18.0. The molecule has 1 atom stereocenters. The minimum Gasteiger partial charge on any atom is -0.402 e. The minimum absolute atomic E-state index is 0.258. The van der Waals surface area contributed by atoms with Gasteiger partial charge in [-0.25, -0.2) is 0 Å². The zero-order valence-electron chi connectivity index (χ0n) is 10.0. The first kappa shape index (κ1) is 11.9. The second kappa shape index (κ2) is 5.16. The van der Waals surface area contributed by atoms with Crippen LogP contribution in [0.4, 0.5) is 5.69 Å². The molecule has 5 nitrogen and oxygen atoms in total. The first-order chi connectivity index (χ1) is 8.16. The molecule has 92 valence electrons. The van der Waals surface area contributed by atoms with Crippen molar-refractivity contribution in [3.05, 3.63) is 35.3 Å². The highest BCUT2D eigenvalue weighted by Crippen LogP contribution is 2.14. The molecule has 17 heavy (non-hydrogen) atoms. The zero-order chi connectivity index (χ0) is 12.3. The number of aromatic nitrogens is 1. The van der Waals surface area contributed by atoms with Crippen molar-refractivity contribution >= 4 is 5.69 Å². The molecule has 0 bridgehead atoms. The minimum atomic E-state index is -0.258. The number of rotatable bonds is 3. The van der Waals surface area contributed by atoms with Crippen molar-refractivity contribution < 1.29 is 0 Å². The van der Waals surface area contributed by atoms with E-state index in [9.17, 15) is 0 Å². The van der Waals surface area contributed by atoms with Gasteiger partial charge in [0, 0.05) is 25.0 Å². The van der Waals surface area contributed by atoms with Crippen LogP contribution in [0.5, 0.6) is 0 Å². The van der Waals surface area contributed by atoms with Crippen LogP contribution in [0.3, 0.4) is 0 Å². The summed E-state index contributed by atoms with van der Waals surface area (Å²) in [7, 11) is 0. The van der Waals surface area contributed by atoms with Gasteiger partial charge in [-0.2, -0.15) is 0 Å². The van der Waals surface area contributed by atoms with Gasteiger partial charge < -0.3 is 22.1 Å². The Bertz CT molecular complexity index is 427. The van der Waals surface area contributed by atoms with Gasteiger partial charge in [0.05, 0.1) is 18.1 Å². The lowest BCUT2D eigenvalue weighted by Crippen LogP contribution is -2.41. The van der Waals surface area contributed by atoms with Gasteiger partial charge in [-0.15, -0.1) is 0 Å². The van der Waals surface area contributed by atoms with Crippen molar-refractivity contribution in [3.8, 4) is 0 Å². The SMILES string of the molecule is Cc1cncc(NC(N)C2=C(N)CCNC2)c1. The van der Waals surface area contributed by atoms with Crippen LogP contribution in [0.1, 0.15) is 12.0 Å². The fourth-order valence-electron chi connectivity index (χ4n) is 1.93. The highest BCUT2D eigenvalue weighted by atomic mass is 15.1. The smallest absolute Gasteiger partial charge is 0.0998 e. The van der Waals surface area contributed by atoms with Gasteiger partial charge in [0.2, 0.25) is 0 Å². The van der Waals surface area contributed by atoms with E-state index in [2.05, 4.69) is 15.6 Å². The van der Waals surface area contributed by atoms with Crippen molar-refractivity contribution in [3.63, 3.8) is 0 Å². The van der Waals surface area contributed by atoms with E-state index in [1.54, 1.807) is 6.20 Å². The van der Waals surface area contributed by atoms with E-state index in [0.29, 0.717) is 0 Å². The van der Waals surface area contributed by atoms with Crippen LogP contribution in [-0.2, 0) is 0 Å². The standard InChI is InChI=1S/C12H19N5/c1-8-4-9(6-16-5-8)17-12(14)10-7-15-3-2-11(10)13/h4-6,12,15,17H,2-3,7,13-14H2,1H3. The quantitative estimate of drug-likeness (QED) is 0.564.